The predicted octanol–water partition coefficient (Wildman–Crippen LogP) is 2.53. The van der Waals surface area contributed by atoms with Gasteiger partial charge in [0.05, 0.1) is 0 Å². The highest BCUT2D eigenvalue weighted by Crippen LogP contribution is 2.40. The molecule has 0 spiro atoms. The van der Waals surface area contributed by atoms with Crippen molar-refractivity contribution in [1.82, 2.24) is 0 Å². The van der Waals surface area contributed by atoms with Crippen LogP contribution in [-0.4, -0.2) is 24.1 Å². The Labute approximate surface area is 162 Å². The van der Waals surface area contributed by atoms with E-state index in [1.165, 1.54) is 0 Å². The van der Waals surface area contributed by atoms with E-state index in [1.54, 1.807) is 77.6 Å². The third kappa shape index (κ3) is 2.91. The number of aromatic nitrogens is 1. The number of hydrogen-bond donors (Lipinski definition) is 0. The van der Waals surface area contributed by atoms with Crippen molar-refractivity contribution in [3.05, 3.63) is 102 Å². The lowest BCUT2D eigenvalue weighted by atomic mass is 9.76. The molecular weight excluding hydrogens is 354 g/mol. The molecule has 2 aromatic carbocycles. The van der Waals surface area contributed by atoms with Crippen molar-refractivity contribution in [2.24, 2.45) is 0 Å². The minimum atomic E-state index is -1.54. The summed E-state index contributed by atoms with van der Waals surface area (Å²) in [5.41, 5.74) is -0.280. The van der Waals surface area contributed by atoms with Gasteiger partial charge in [0.15, 0.2) is 29.4 Å². The van der Waals surface area contributed by atoms with Gasteiger partial charge in [-0.1, -0.05) is 60.7 Å². The lowest BCUT2D eigenvalue weighted by Gasteiger charge is -2.25. The molecule has 0 amide bonds. The average Bonchev–Trinajstić information content (AvgIpc) is 2.96. The summed E-state index contributed by atoms with van der Waals surface area (Å²) in [6.07, 6.45) is 3.49. The van der Waals surface area contributed by atoms with Gasteiger partial charge in [0.2, 0.25) is 6.54 Å². The highest BCUT2D eigenvalue weighted by Gasteiger charge is 2.55. The minimum Gasteiger partial charge on any atom is -0.459 e. The molecule has 0 N–H and O–H groups in total. The van der Waals surface area contributed by atoms with E-state index in [2.05, 4.69) is 0 Å². The van der Waals surface area contributed by atoms with E-state index in [-0.39, 0.29) is 24.7 Å². The summed E-state index contributed by atoms with van der Waals surface area (Å²) >= 11 is 0. The maximum atomic E-state index is 13.3. The molecule has 0 saturated carbocycles. The van der Waals surface area contributed by atoms with Gasteiger partial charge in [-0.05, 0) is 5.56 Å². The smallest absolute Gasteiger partial charge is 0.372 e. The fourth-order valence-electron chi connectivity index (χ4n) is 3.56. The van der Waals surface area contributed by atoms with E-state index in [0.717, 1.165) is 0 Å². The number of Topliss-reactive ketones (excluding diaryl/α,β-unsaturated/α-hetero) is 2. The number of rotatable bonds is 5. The molecule has 0 aliphatic heterocycles. The molecule has 0 fully saturated rings. The number of hydrogen-bond acceptors (Lipinski definition) is 4. The maximum absolute atomic E-state index is 13.3. The Balaban J connectivity index is 1.66. The van der Waals surface area contributed by atoms with Crippen molar-refractivity contribution in [3.63, 3.8) is 0 Å². The monoisotopic (exact) mass is 372 g/mol. The largest absolute Gasteiger partial charge is 0.459 e. The van der Waals surface area contributed by atoms with Crippen LogP contribution in [0.25, 0.3) is 0 Å². The number of nitrogens with zero attached hydrogens (tertiary/aromatic N) is 1. The highest BCUT2D eigenvalue weighted by atomic mass is 16.5. The second-order valence-electron chi connectivity index (χ2n) is 6.68. The van der Waals surface area contributed by atoms with Crippen LogP contribution in [0.2, 0.25) is 0 Å². The topological polar surface area (TPSA) is 64.3 Å². The van der Waals surface area contributed by atoms with Crippen LogP contribution >= 0.6 is 0 Å². The predicted molar refractivity (Wildman–Crippen MR) is 101 cm³/mol. The minimum absolute atomic E-state index is 0.00103. The van der Waals surface area contributed by atoms with Gasteiger partial charge in [-0.3, -0.25) is 9.59 Å². The lowest BCUT2D eigenvalue weighted by Crippen LogP contribution is -2.45. The number of fused-ring (bicyclic) bond motifs is 1. The molecular formula is C23H18NO4+. The fraction of sp³-hybridized carbons (Fsp3) is 0.130. The summed E-state index contributed by atoms with van der Waals surface area (Å²) in [6, 6.07) is 21.0. The van der Waals surface area contributed by atoms with Crippen LogP contribution in [0.4, 0.5) is 0 Å². The number of carbonyl (C=O) groups excluding carboxylic acids is 3. The van der Waals surface area contributed by atoms with Gasteiger partial charge >= 0.3 is 5.97 Å². The molecule has 0 radical (unpaired) electrons. The van der Waals surface area contributed by atoms with Gasteiger partial charge in [-0.25, -0.2) is 4.79 Å². The first-order valence-electron chi connectivity index (χ1n) is 8.97. The van der Waals surface area contributed by atoms with Crippen molar-refractivity contribution in [2.45, 2.75) is 12.0 Å². The molecule has 1 aliphatic carbocycles. The molecule has 1 heterocycles. The van der Waals surface area contributed by atoms with Crippen LogP contribution in [0, 0.1) is 0 Å². The van der Waals surface area contributed by atoms with E-state index in [9.17, 15) is 14.4 Å². The third-order valence-corrected chi connectivity index (χ3v) is 5.00. The fourth-order valence-corrected chi connectivity index (χ4v) is 3.56. The number of ether oxygens (including phenoxy) is 1. The Hall–Kier alpha value is -3.60. The SMILES string of the molecule is O=C(C[n+]1ccccc1)OCC1(c2ccccc2)C(=O)c2ccccc2C1=O. The zero-order valence-corrected chi connectivity index (χ0v) is 15.1. The first kappa shape index (κ1) is 17.8. The van der Waals surface area contributed by atoms with Gasteiger partial charge < -0.3 is 4.74 Å². The van der Waals surface area contributed by atoms with Crippen LogP contribution in [0.1, 0.15) is 26.3 Å². The molecule has 28 heavy (non-hydrogen) atoms. The van der Waals surface area contributed by atoms with Gasteiger partial charge in [0.1, 0.15) is 6.61 Å². The first-order valence-corrected chi connectivity index (χ1v) is 8.97. The molecule has 0 unspecified atom stereocenters. The quantitative estimate of drug-likeness (QED) is 0.392. The van der Waals surface area contributed by atoms with Crippen LogP contribution < -0.4 is 4.57 Å². The van der Waals surface area contributed by atoms with Crippen molar-refractivity contribution in [3.8, 4) is 0 Å². The number of benzene rings is 2. The van der Waals surface area contributed by atoms with Crippen LogP contribution in [0.15, 0.2) is 85.2 Å². The summed E-state index contributed by atoms with van der Waals surface area (Å²) in [6.45, 7) is -0.323. The molecule has 1 aromatic heterocycles. The Kier molecular flexibility index (Phi) is 4.57. The Morgan fingerprint density at radius 1 is 0.786 bits per heavy atom. The molecule has 1 aliphatic rings. The van der Waals surface area contributed by atoms with Gasteiger partial charge in [-0.15, -0.1) is 0 Å². The molecule has 4 rings (SSSR count). The molecule has 5 heteroatoms. The summed E-state index contributed by atoms with van der Waals surface area (Å²) in [5.74, 6) is -1.18. The van der Waals surface area contributed by atoms with E-state index in [4.69, 9.17) is 4.74 Å². The number of pyridine rings is 1. The highest BCUT2D eigenvalue weighted by molar-refractivity contribution is 6.33. The zero-order chi connectivity index (χ0) is 19.6. The zero-order valence-electron chi connectivity index (χ0n) is 15.1. The summed E-state index contributed by atoms with van der Waals surface area (Å²) in [5, 5.41) is 0. The van der Waals surface area contributed by atoms with Crippen molar-refractivity contribution < 1.29 is 23.7 Å². The average molecular weight is 372 g/mol. The van der Waals surface area contributed by atoms with Crippen LogP contribution in [0.3, 0.4) is 0 Å². The molecule has 0 atom stereocenters. The Bertz CT molecular complexity index is 1010. The van der Waals surface area contributed by atoms with Gasteiger partial charge in [-0.2, -0.15) is 4.57 Å². The molecule has 0 bridgehead atoms. The standard InChI is InChI=1S/C23H18NO4/c25-20(15-24-13-7-2-8-14-24)28-16-23(17-9-3-1-4-10-17)21(26)18-11-5-6-12-19(18)22(23)27/h1-14H,15-16H2/q+1. The number of ketones is 2. The van der Waals surface area contributed by atoms with Gasteiger partial charge in [0.25, 0.3) is 0 Å². The first-order chi connectivity index (χ1) is 13.6. The Morgan fingerprint density at radius 3 is 1.93 bits per heavy atom. The third-order valence-electron chi connectivity index (χ3n) is 5.00. The summed E-state index contributed by atoms with van der Waals surface area (Å²) < 4.78 is 7.13. The second-order valence-corrected chi connectivity index (χ2v) is 6.68. The van der Waals surface area contributed by atoms with Gasteiger partial charge in [0, 0.05) is 23.3 Å². The number of esters is 1. The number of carbonyl (C=O) groups is 3. The van der Waals surface area contributed by atoms with E-state index in [0.29, 0.717) is 16.7 Å². The molecule has 3 aromatic rings. The molecule has 0 saturated heterocycles. The maximum Gasteiger partial charge on any atom is 0.372 e. The lowest BCUT2D eigenvalue weighted by molar-refractivity contribution is -0.686. The molecule has 5 nitrogen and oxygen atoms in total. The van der Waals surface area contributed by atoms with Crippen molar-refractivity contribution >= 4 is 17.5 Å². The summed E-state index contributed by atoms with van der Waals surface area (Å²) in [4.78, 5) is 38.9. The molecule has 138 valence electrons. The summed E-state index contributed by atoms with van der Waals surface area (Å²) in [7, 11) is 0. The van der Waals surface area contributed by atoms with E-state index in [1.807, 2.05) is 12.1 Å². The van der Waals surface area contributed by atoms with Crippen LogP contribution in [0.5, 0.6) is 0 Å². The Morgan fingerprint density at radius 2 is 1.32 bits per heavy atom. The normalized spacial score (nSPS) is 14.6. The van der Waals surface area contributed by atoms with E-state index >= 15 is 0 Å². The van der Waals surface area contributed by atoms with E-state index < -0.39 is 11.4 Å². The second kappa shape index (κ2) is 7.19. The van der Waals surface area contributed by atoms with Crippen LogP contribution in [-0.2, 0) is 21.5 Å². The van der Waals surface area contributed by atoms with Crippen molar-refractivity contribution in [2.75, 3.05) is 6.61 Å². The van der Waals surface area contributed by atoms with Crippen molar-refractivity contribution in [1.29, 1.82) is 0 Å².